The van der Waals surface area contributed by atoms with Crippen LogP contribution in [0.3, 0.4) is 0 Å². The molecule has 3 N–H and O–H groups in total. The van der Waals surface area contributed by atoms with E-state index in [1.54, 1.807) is 24.3 Å². The molecule has 7 heteroatoms. The van der Waals surface area contributed by atoms with Gasteiger partial charge in [-0.05, 0) is 46.9 Å². The molecule has 2 aromatic carbocycles. The third-order valence-corrected chi connectivity index (χ3v) is 3.86. The fourth-order valence-corrected chi connectivity index (χ4v) is 3.12. The number of phenols is 2. The van der Waals surface area contributed by atoms with Gasteiger partial charge in [-0.15, -0.1) is 0 Å². The van der Waals surface area contributed by atoms with Gasteiger partial charge in [-0.2, -0.15) is 5.10 Å². The van der Waals surface area contributed by atoms with Crippen LogP contribution in [-0.2, 0) is 0 Å². The largest absolute Gasteiger partial charge is 0.507 e. The highest BCUT2D eigenvalue weighted by Crippen LogP contribution is 2.27. The second-order valence-electron chi connectivity index (χ2n) is 4.04. The Morgan fingerprint density at radius 2 is 2.00 bits per heavy atom. The van der Waals surface area contributed by atoms with Crippen molar-refractivity contribution < 1.29 is 15.0 Å². The highest BCUT2D eigenvalue weighted by atomic mass is 127. The zero-order chi connectivity index (χ0) is 15.4. The fourth-order valence-electron chi connectivity index (χ4n) is 1.57. The molecule has 0 saturated carbocycles. The monoisotopic (exact) mass is 460 g/mol. The minimum Gasteiger partial charge on any atom is -0.507 e. The topological polar surface area (TPSA) is 81.9 Å². The third kappa shape index (κ3) is 3.94. The Labute approximate surface area is 143 Å². The number of benzene rings is 2. The van der Waals surface area contributed by atoms with Gasteiger partial charge < -0.3 is 10.2 Å². The summed E-state index contributed by atoms with van der Waals surface area (Å²) in [4.78, 5) is 11.8. The molecule has 2 rings (SSSR count). The zero-order valence-electron chi connectivity index (χ0n) is 10.5. The van der Waals surface area contributed by atoms with E-state index in [0.29, 0.717) is 9.13 Å². The van der Waals surface area contributed by atoms with Crippen LogP contribution in [0.2, 0.25) is 0 Å². The quantitative estimate of drug-likeness (QED) is 0.373. The molecule has 0 radical (unpaired) electrons. The number of aromatic hydroxyl groups is 2. The molecule has 0 heterocycles. The van der Waals surface area contributed by atoms with Crippen LogP contribution in [0.1, 0.15) is 15.9 Å². The zero-order valence-corrected chi connectivity index (χ0v) is 14.3. The van der Waals surface area contributed by atoms with Gasteiger partial charge in [0.15, 0.2) is 0 Å². The average molecular weight is 461 g/mol. The lowest BCUT2D eigenvalue weighted by molar-refractivity contribution is 0.0952. The molecule has 0 spiro atoms. The van der Waals surface area contributed by atoms with Crippen molar-refractivity contribution in [3.63, 3.8) is 0 Å². The van der Waals surface area contributed by atoms with Gasteiger partial charge in [-0.25, -0.2) is 5.43 Å². The van der Waals surface area contributed by atoms with Crippen molar-refractivity contribution >= 4 is 50.6 Å². The lowest BCUT2D eigenvalue weighted by Crippen LogP contribution is -2.17. The maximum absolute atomic E-state index is 11.8. The number of amides is 1. The highest BCUT2D eigenvalue weighted by molar-refractivity contribution is 14.1. The number of halogens is 2. The van der Waals surface area contributed by atoms with E-state index < -0.39 is 5.91 Å². The molecule has 0 fully saturated rings. The molecule has 0 aliphatic carbocycles. The number of rotatable bonds is 3. The van der Waals surface area contributed by atoms with Crippen LogP contribution in [0.15, 0.2) is 46.0 Å². The minimum absolute atomic E-state index is 0.0827. The molecule has 5 nitrogen and oxygen atoms in total. The Balaban J connectivity index is 2.13. The summed E-state index contributed by atoms with van der Waals surface area (Å²) in [6.07, 6.45) is 1.33. The van der Waals surface area contributed by atoms with E-state index in [1.165, 1.54) is 18.3 Å². The first-order chi connectivity index (χ1) is 9.99. The molecule has 0 aromatic heterocycles. The first-order valence-corrected chi connectivity index (χ1v) is 7.65. The van der Waals surface area contributed by atoms with E-state index in [2.05, 4.69) is 26.5 Å². The minimum atomic E-state index is -0.534. The third-order valence-electron chi connectivity index (χ3n) is 2.58. The molecular weight excluding hydrogens is 451 g/mol. The molecule has 1 amide bonds. The van der Waals surface area contributed by atoms with Crippen LogP contribution in [0.4, 0.5) is 0 Å². The number of nitrogens with zero attached hydrogens (tertiary/aromatic N) is 1. The van der Waals surface area contributed by atoms with Gasteiger partial charge in [0.05, 0.1) is 15.3 Å². The Hall–Kier alpha value is -1.61. The maximum atomic E-state index is 11.8. The summed E-state index contributed by atoms with van der Waals surface area (Å²) in [6.45, 7) is 0. The van der Waals surface area contributed by atoms with Crippen LogP contribution in [0, 0.1) is 3.57 Å². The summed E-state index contributed by atoms with van der Waals surface area (Å²) in [6, 6.07) is 9.60. The van der Waals surface area contributed by atoms with Crippen LogP contribution < -0.4 is 5.43 Å². The summed E-state index contributed by atoms with van der Waals surface area (Å²) in [5.41, 5.74) is 2.89. The van der Waals surface area contributed by atoms with Gasteiger partial charge in [0.25, 0.3) is 5.91 Å². The van der Waals surface area contributed by atoms with E-state index in [0.717, 1.165) is 4.47 Å². The summed E-state index contributed by atoms with van der Waals surface area (Å²) >= 11 is 5.31. The Morgan fingerprint density at radius 3 is 2.71 bits per heavy atom. The number of phenolic OH excluding ortho intramolecular Hbond substituents is 2. The van der Waals surface area contributed by atoms with Crippen LogP contribution in [0.25, 0.3) is 0 Å². The van der Waals surface area contributed by atoms with Crippen molar-refractivity contribution in [1.29, 1.82) is 0 Å². The van der Waals surface area contributed by atoms with Gasteiger partial charge >= 0.3 is 0 Å². The molecule has 21 heavy (non-hydrogen) atoms. The number of nitrogens with one attached hydrogen (secondary N) is 1. The van der Waals surface area contributed by atoms with Crippen LogP contribution in [0.5, 0.6) is 11.5 Å². The molecular formula is C14H10BrIN2O3. The Bertz CT molecular complexity index is 719. The molecule has 2 aromatic rings. The van der Waals surface area contributed by atoms with Crippen LogP contribution in [-0.4, -0.2) is 22.3 Å². The molecule has 0 bridgehead atoms. The van der Waals surface area contributed by atoms with Crippen molar-refractivity contribution in [3.8, 4) is 11.5 Å². The number of carbonyl (C=O) groups excluding carboxylic acids is 1. The van der Waals surface area contributed by atoms with E-state index in [4.69, 9.17) is 0 Å². The first kappa shape index (κ1) is 15.8. The number of carbonyl (C=O) groups is 1. The number of hydrogen-bond acceptors (Lipinski definition) is 4. The van der Waals surface area contributed by atoms with Crippen molar-refractivity contribution in [3.05, 3.63) is 55.6 Å². The van der Waals surface area contributed by atoms with Gasteiger partial charge in [0.2, 0.25) is 0 Å². The maximum Gasteiger partial charge on any atom is 0.275 e. The lowest BCUT2D eigenvalue weighted by atomic mass is 10.2. The Morgan fingerprint density at radius 1 is 1.29 bits per heavy atom. The fraction of sp³-hybridized carbons (Fsp3) is 0. The highest BCUT2D eigenvalue weighted by Gasteiger charge is 2.09. The van der Waals surface area contributed by atoms with Gasteiger partial charge in [0.1, 0.15) is 11.5 Å². The SMILES string of the molecule is O=C(N/N=C\c1cc(Br)cc(I)c1O)c1ccccc1O. The second kappa shape index (κ2) is 6.90. The molecule has 108 valence electrons. The van der Waals surface area contributed by atoms with Crippen LogP contribution >= 0.6 is 38.5 Å². The molecule has 0 aliphatic rings. The number of hydrazone groups is 1. The van der Waals surface area contributed by atoms with E-state index in [-0.39, 0.29) is 17.1 Å². The predicted octanol–water partition coefficient (Wildman–Crippen LogP) is 3.23. The van der Waals surface area contributed by atoms with Gasteiger partial charge in [-0.3, -0.25) is 4.79 Å². The average Bonchev–Trinajstić information content (AvgIpc) is 2.44. The standard InChI is InChI=1S/C14H10BrIN2O3/c15-9-5-8(13(20)11(16)6-9)7-17-18-14(21)10-3-1-2-4-12(10)19/h1-7,19-20H,(H,18,21)/b17-7-. The lowest BCUT2D eigenvalue weighted by Gasteiger charge is -2.04. The second-order valence-corrected chi connectivity index (χ2v) is 6.12. The summed E-state index contributed by atoms with van der Waals surface area (Å²) in [5, 5.41) is 23.2. The van der Waals surface area contributed by atoms with Crippen molar-refractivity contribution in [2.45, 2.75) is 0 Å². The van der Waals surface area contributed by atoms with Crippen molar-refractivity contribution in [2.24, 2.45) is 5.10 Å². The first-order valence-electron chi connectivity index (χ1n) is 5.78. The molecule has 0 saturated heterocycles. The van der Waals surface area contributed by atoms with Gasteiger partial charge in [0, 0.05) is 10.0 Å². The smallest absolute Gasteiger partial charge is 0.275 e. The normalized spacial score (nSPS) is 10.8. The van der Waals surface area contributed by atoms with E-state index in [1.807, 2.05) is 22.6 Å². The Kier molecular flexibility index (Phi) is 5.18. The van der Waals surface area contributed by atoms with E-state index in [9.17, 15) is 15.0 Å². The van der Waals surface area contributed by atoms with Crippen molar-refractivity contribution in [1.82, 2.24) is 5.43 Å². The predicted molar refractivity (Wildman–Crippen MR) is 91.7 cm³/mol. The van der Waals surface area contributed by atoms with Gasteiger partial charge in [-0.1, -0.05) is 28.1 Å². The molecule has 0 atom stereocenters. The van der Waals surface area contributed by atoms with E-state index >= 15 is 0 Å². The molecule has 0 unspecified atom stereocenters. The summed E-state index contributed by atoms with van der Waals surface area (Å²) < 4.78 is 1.45. The summed E-state index contributed by atoms with van der Waals surface area (Å²) in [7, 11) is 0. The molecule has 0 aliphatic heterocycles. The number of hydrogen-bond donors (Lipinski definition) is 3. The number of para-hydroxylation sites is 1. The summed E-state index contributed by atoms with van der Waals surface area (Å²) in [5.74, 6) is -0.571. The van der Waals surface area contributed by atoms with Crippen molar-refractivity contribution in [2.75, 3.05) is 0 Å².